The maximum Gasteiger partial charge on any atom is 0.0642 e. The predicted molar refractivity (Wildman–Crippen MR) is 72.0 cm³/mol. The van der Waals surface area contributed by atoms with Crippen LogP contribution in [0.2, 0.25) is 5.02 Å². The molecule has 1 saturated heterocycles. The Labute approximate surface area is 107 Å². The Bertz CT molecular complexity index is 378. The molecule has 1 aliphatic heterocycles. The minimum atomic E-state index is 0.353. The number of benzene rings is 1. The van der Waals surface area contributed by atoms with Gasteiger partial charge in [-0.25, -0.2) is 0 Å². The number of hydrogen-bond donors (Lipinski definition) is 1. The van der Waals surface area contributed by atoms with Gasteiger partial charge < -0.3 is 15.4 Å². The van der Waals surface area contributed by atoms with Gasteiger partial charge in [0.25, 0.3) is 0 Å². The van der Waals surface area contributed by atoms with Crippen LogP contribution < -0.4 is 10.6 Å². The smallest absolute Gasteiger partial charge is 0.0642 e. The summed E-state index contributed by atoms with van der Waals surface area (Å²) in [6, 6.07) is 6.24. The van der Waals surface area contributed by atoms with E-state index in [0.29, 0.717) is 12.5 Å². The summed E-state index contributed by atoms with van der Waals surface area (Å²) in [5, 5.41) is 0.810. The van der Waals surface area contributed by atoms with Crippen molar-refractivity contribution >= 4 is 17.3 Å². The molecule has 2 rings (SSSR count). The fourth-order valence-electron chi connectivity index (χ4n) is 2.03. The molecule has 1 aromatic rings. The van der Waals surface area contributed by atoms with E-state index in [2.05, 4.69) is 24.0 Å². The topological polar surface area (TPSA) is 38.5 Å². The van der Waals surface area contributed by atoms with E-state index in [9.17, 15) is 0 Å². The van der Waals surface area contributed by atoms with Gasteiger partial charge in [0, 0.05) is 13.1 Å². The second kappa shape index (κ2) is 5.71. The van der Waals surface area contributed by atoms with Gasteiger partial charge in [0.05, 0.1) is 23.9 Å². The normalized spacial score (nSPS) is 18.2. The third-order valence-electron chi connectivity index (χ3n) is 3.25. The summed E-state index contributed by atoms with van der Waals surface area (Å²) in [6.07, 6.45) is 0. The molecule has 0 saturated carbocycles. The Kier molecular flexibility index (Phi) is 4.26. The van der Waals surface area contributed by atoms with Gasteiger partial charge in [0.1, 0.15) is 0 Å². The van der Waals surface area contributed by atoms with E-state index < -0.39 is 0 Å². The first kappa shape index (κ1) is 12.7. The van der Waals surface area contributed by atoms with Gasteiger partial charge >= 0.3 is 0 Å². The summed E-state index contributed by atoms with van der Waals surface area (Å²) < 4.78 is 5.34. The summed E-state index contributed by atoms with van der Waals surface area (Å²) in [5.74, 6) is 0.353. The number of rotatable bonds is 3. The van der Waals surface area contributed by atoms with Crippen molar-refractivity contribution in [2.24, 2.45) is 5.73 Å². The molecule has 0 spiro atoms. The van der Waals surface area contributed by atoms with E-state index in [4.69, 9.17) is 22.1 Å². The SMILES string of the molecule is CC(CN)c1ccc(N2CCOCC2)c(Cl)c1. The van der Waals surface area contributed by atoms with Gasteiger partial charge in [-0.15, -0.1) is 0 Å². The molecule has 17 heavy (non-hydrogen) atoms. The highest BCUT2D eigenvalue weighted by molar-refractivity contribution is 6.33. The molecule has 0 aromatic heterocycles. The summed E-state index contributed by atoms with van der Waals surface area (Å²) >= 11 is 6.34. The second-order valence-corrected chi connectivity index (χ2v) is 4.85. The lowest BCUT2D eigenvalue weighted by Gasteiger charge is -2.30. The summed E-state index contributed by atoms with van der Waals surface area (Å²) in [7, 11) is 0. The maximum absolute atomic E-state index is 6.34. The van der Waals surface area contributed by atoms with Gasteiger partial charge in [0.15, 0.2) is 0 Å². The van der Waals surface area contributed by atoms with Crippen LogP contribution in [-0.2, 0) is 4.74 Å². The Morgan fingerprint density at radius 1 is 1.41 bits per heavy atom. The molecule has 3 nitrogen and oxygen atoms in total. The van der Waals surface area contributed by atoms with Gasteiger partial charge in [-0.05, 0) is 30.2 Å². The van der Waals surface area contributed by atoms with Crippen LogP contribution in [0.15, 0.2) is 18.2 Å². The van der Waals surface area contributed by atoms with Crippen LogP contribution in [0.5, 0.6) is 0 Å². The molecule has 1 heterocycles. The van der Waals surface area contributed by atoms with Crippen molar-refractivity contribution in [3.05, 3.63) is 28.8 Å². The zero-order valence-corrected chi connectivity index (χ0v) is 10.9. The molecule has 0 bridgehead atoms. The molecular formula is C13H19ClN2O. The highest BCUT2D eigenvalue weighted by Crippen LogP contribution is 2.29. The molecule has 0 aliphatic carbocycles. The van der Waals surface area contributed by atoms with Crippen molar-refractivity contribution in [3.8, 4) is 0 Å². The first-order chi connectivity index (χ1) is 8.22. The zero-order chi connectivity index (χ0) is 12.3. The minimum absolute atomic E-state index is 0.353. The van der Waals surface area contributed by atoms with E-state index in [1.165, 1.54) is 5.56 Å². The molecule has 1 aromatic carbocycles. The fourth-order valence-corrected chi connectivity index (χ4v) is 2.33. The van der Waals surface area contributed by atoms with Crippen LogP contribution >= 0.6 is 11.6 Å². The third-order valence-corrected chi connectivity index (χ3v) is 3.55. The number of halogens is 1. The van der Waals surface area contributed by atoms with Crippen molar-refractivity contribution in [1.29, 1.82) is 0 Å². The molecule has 0 amide bonds. The molecular weight excluding hydrogens is 236 g/mol. The number of nitrogens with zero attached hydrogens (tertiary/aromatic N) is 1. The molecule has 2 N–H and O–H groups in total. The monoisotopic (exact) mass is 254 g/mol. The van der Waals surface area contributed by atoms with Gasteiger partial charge in [-0.3, -0.25) is 0 Å². The van der Waals surface area contributed by atoms with Crippen molar-refractivity contribution in [2.75, 3.05) is 37.7 Å². The molecule has 1 aliphatic rings. The highest BCUT2D eigenvalue weighted by atomic mass is 35.5. The van der Waals surface area contributed by atoms with Crippen LogP contribution in [0, 0.1) is 0 Å². The minimum Gasteiger partial charge on any atom is -0.378 e. The highest BCUT2D eigenvalue weighted by Gasteiger charge is 2.15. The molecule has 1 unspecified atom stereocenters. The van der Waals surface area contributed by atoms with Crippen LogP contribution in [0.4, 0.5) is 5.69 Å². The van der Waals surface area contributed by atoms with Crippen molar-refractivity contribution in [3.63, 3.8) is 0 Å². The van der Waals surface area contributed by atoms with Gasteiger partial charge in [0.2, 0.25) is 0 Å². The Balaban J connectivity index is 2.18. The van der Waals surface area contributed by atoms with Crippen LogP contribution in [0.1, 0.15) is 18.4 Å². The lowest BCUT2D eigenvalue weighted by atomic mass is 10.0. The molecule has 0 radical (unpaired) electrons. The van der Waals surface area contributed by atoms with E-state index >= 15 is 0 Å². The number of hydrogen-bond acceptors (Lipinski definition) is 3. The third kappa shape index (κ3) is 2.92. The fraction of sp³-hybridized carbons (Fsp3) is 0.538. The molecule has 94 valence electrons. The number of anilines is 1. The second-order valence-electron chi connectivity index (χ2n) is 4.45. The average molecular weight is 255 g/mol. The van der Waals surface area contributed by atoms with Crippen molar-refractivity contribution in [2.45, 2.75) is 12.8 Å². The van der Waals surface area contributed by atoms with E-state index in [1.807, 2.05) is 6.07 Å². The predicted octanol–water partition coefficient (Wildman–Crippen LogP) is 2.24. The zero-order valence-electron chi connectivity index (χ0n) is 10.2. The number of morpholine rings is 1. The largest absolute Gasteiger partial charge is 0.378 e. The van der Waals surface area contributed by atoms with Crippen LogP contribution in [0.3, 0.4) is 0 Å². The van der Waals surface area contributed by atoms with E-state index in [0.717, 1.165) is 37.0 Å². The molecule has 4 heteroatoms. The van der Waals surface area contributed by atoms with Crippen LogP contribution in [0.25, 0.3) is 0 Å². The van der Waals surface area contributed by atoms with E-state index in [1.54, 1.807) is 0 Å². The average Bonchev–Trinajstić information content (AvgIpc) is 2.38. The standard InChI is InChI=1S/C13H19ClN2O/c1-10(9-15)11-2-3-13(12(14)8-11)16-4-6-17-7-5-16/h2-3,8,10H,4-7,9,15H2,1H3. The summed E-state index contributed by atoms with van der Waals surface area (Å²) in [4.78, 5) is 2.27. The molecule has 1 atom stereocenters. The van der Waals surface area contributed by atoms with E-state index in [-0.39, 0.29) is 0 Å². The quantitative estimate of drug-likeness (QED) is 0.899. The Hall–Kier alpha value is -0.770. The number of nitrogens with two attached hydrogens (primary N) is 1. The first-order valence-corrected chi connectivity index (χ1v) is 6.42. The maximum atomic E-state index is 6.34. The van der Waals surface area contributed by atoms with Crippen molar-refractivity contribution in [1.82, 2.24) is 0 Å². The van der Waals surface area contributed by atoms with Crippen molar-refractivity contribution < 1.29 is 4.74 Å². The number of ether oxygens (including phenoxy) is 1. The van der Waals surface area contributed by atoms with Crippen LogP contribution in [-0.4, -0.2) is 32.8 Å². The lowest BCUT2D eigenvalue weighted by molar-refractivity contribution is 0.122. The molecule has 1 fully saturated rings. The Morgan fingerprint density at radius 2 is 2.12 bits per heavy atom. The first-order valence-electron chi connectivity index (χ1n) is 6.04. The van der Waals surface area contributed by atoms with Gasteiger partial charge in [-0.1, -0.05) is 24.6 Å². The Morgan fingerprint density at radius 3 is 2.71 bits per heavy atom. The lowest BCUT2D eigenvalue weighted by Crippen LogP contribution is -2.36. The van der Waals surface area contributed by atoms with Gasteiger partial charge in [-0.2, -0.15) is 0 Å². The summed E-state index contributed by atoms with van der Waals surface area (Å²) in [5.41, 5.74) is 7.97. The summed E-state index contributed by atoms with van der Waals surface area (Å²) in [6.45, 7) is 6.12.